The van der Waals surface area contributed by atoms with E-state index in [1.807, 2.05) is 12.1 Å². The van der Waals surface area contributed by atoms with Crippen LogP contribution < -0.4 is 5.73 Å². The number of pyridine rings is 1. The quantitative estimate of drug-likeness (QED) is 0.711. The third-order valence-electron chi connectivity index (χ3n) is 3.00. The SMILES string of the molecule is Nc1ncccc1[C@H]1CCCC[C@@H]1O. The van der Waals surface area contributed by atoms with Crippen LogP contribution in [-0.4, -0.2) is 16.2 Å². The highest BCUT2D eigenvalue weighted by molar-refractivity contribution is 5.41. The average Bonchev–Trinajstić information content (AvgIpc) is 2.20. The smallest absolute Gasteiger partial charge is 0.126 e. The summed E-state index contributed by atoms with van der Waals surface area (Å²) in [5.74, 6) is 0.760. The molecule has 0 amide bonds. The van der Waals surface area contributed by atoms with Crippen LogP contribution in [-0.2, 0) is 0 Å². The number of aromatic nitrogens is 1. The number of nitrogens with two attached hydrogens (primary N) is 1. The fourth-order valence-corrected chi connectivity index (χ4v) is 2.22. The van der Waals surface area contributed by atoms with E-state index in [0.29, 0.717) is 5.82 Å². The van der Waals surface area contributed by atoms with Gasteiger partial charge in [-0.1, -0.05) is 18.9 Å². The number of nitrogens with zero attached hydrogens (tertiary/aromatic N) is 1. The molecule has 1 aromatic heterocycles. The summed E-state index contributed by atoms with van der Waals surface area (Å²) in [5.41, 5.74) is 6.81. The maximum atomic E-state index is 9.86. The number of nitrogen functional groups attached to an aromatic ring is 1. The minimum absolute atomic E-state index is 0.192. The van der Waals surface area contributed by atoms with Crippen LogP contribution in [0.2, 0.25) is 0 Å². The van der Waals surface area contributed by atoms with Crippen molar-refractivity contribution in [2.75, 3.05) is 5.73 Å². The lowest BCUT2D eigenvalue weighted by Crippen LogP contribution is -2.23. The summed E-state index contributed by atoms with van der Waals surface area (Å²) in [6.45, 7) is 0. The van der Waals surface area contributed by atoms with Gasteiger partial charge in [-0.2, -0.15) is 0 Å². The van der Waals surface area contributed by atoms with Crippen LogP contribution >= 0.6 is 0 Å². The lowest BCUT2D eigenvalue weighted by molar-refractivity contribution is 0.106. The van der Waals surface area contributed by atoms with Gasteiger partial charge in [0.2, 0.25) is 0 Å². The molecule has 1 saturated carbocycles. The van der Waals surface area contributed by atoms with Crippen LogP contribution in [0.1, 0.15) is 37.2 Å². The van der Waals surface area contributed by atoms with E-state index in [4.69, 9.17) is 5.73 Å². The van der Waals surface area contributed by atoms with E-state index in [9.17, 15) is 5.11 Å². The van der Waals surface area contributed by atoms with E-state index in [0.717, 1.165) is 24.8 Å². The number of hydrogen-bond acceptors (Lipinski definition) is 3. The Morgan fingerprint density at radius 3 is 2.86 bits per heavy atom. The standard InChI is InChI=1S/C11H16N2O/c12-11-9(5-3-7-13-11)8-4-1-2-6-10(8)14/h3,5,7-8,10,14H,1-2,4,6H2,(H2,12,13)/t8-,10+/m1/s1. The summed E-state index contributed by atoms with van der Waals surface area (Å²) in [7, 11) is 0. The van der Waals surface area contributed by atoms with Crippen molar-refractivity contribution in [3.8, 4) is 0 Å². The van der Waals surface area contributed by atoms with Gasteiger partial charge in [0, 0.05) is 12.1 Å². The van der Waals surface area contributed by atoms with E-state index < -0.39 is 0 Å². The molecule has 2 rings (SSSR count). The maximum Gasteiger partial charge on any atom is 0.126 e. The lowest BCUT2D eigenvalue weighted by Gasteiger charge is -2.28. The third-order valence-corrected chi connectivity index (χ3v) is 3.00. The van der Waals surface area contributed by atoms with Gasteiger partial charge < -0.3 is 10.8 Å². The van der Waals surface area contributed by atoms with Crippen LogP contribution in [0.5, 0.6) is 0 Å². The van der Waals surface area contributed by atoms with Gasteiger partial charge in [0.25, 0.3) is 0 Å². The Balaban J connectivity index is 2.25. The monoisotopic (exact) mass is 192 g/mol. The Bertz CT molecular complexity index is 314. The average molecular weight is 192 g/mol. The van der Waals surface area contributed by atoms with Crippen LogP contribution in [0.25, 0.3) is 0 Å². The molecule has 1 heterocycles. The second kappa shape index (κ2) is 3.96. The number of anilines is 1. The minimum atomic E-state index is -0.241. The molecule has 0 radical (unpaired) electrons. The summed E-state index contributed by atoms with van der Waals surface area (Å²) in [6.07, 6.45) is 5.66. The van der Waals surface area contributed by atoms with Gasteiger partial charge in [0.05, 0.1) is 6.10 Å². The van der Waals surface area contributed by atoms with Crippen molar-refractivity contribution in [2.24, 2.45) is 0 Å². The van der Waals surface area contributed by atoms with E-state index in [1.165, 1.54) is 6.42 Å². The first-order valence-corrected chi connectivity index (χ1v) is 5.17. The molecular weight excluding hydrogens is 176 g/mol. The van der Waals surface area contributed by atoms with Crippen molar-refractivity contribution >= 4 is 5.82 Å². The van der Waals surface area contributed by atoms with Crippen molar-refractivity contribution < 1.29 is 5.11 Å². The van der Waals surface area contributed by atoms with Crippen molar-refractivity contribution in [1.29, 1.82) is 0 Å². The Hall–Kier alpha value is -1.09. The van der Waals surface area contributed by atoms with Gasteiger partial charge in [-0.15, -0.1) is 0 Å². The molecule has 0 unspecified atom stereocenters. The van der Waals surface area contributed by atoms with Crippen LogP contribution in [0.15, 0.2) is 18.3 Å². The predicted octanol–water partition coefficient (Wildman–Crippen LogP) is 1.68. The molecule has 1 fully saturated rings. The molecule has 76 valence electrons. The van der Waals surface area contributed by atoms with E-state index in [2.05, 4.69) is 4.98 Å². The van der Waals surface area contributed by atoms with Crippen LogP contribution in [0.3, 0.4) is 0 Å². The Labute approximate surface area is 84.0 Å². The lowest BCUT2D eigenvalue weighted by atomic mass is 9.82. The summed E-state index contributed by atoms with van der Waals surface area (Å²) in [4.78, 5) is 4.06. The van der Waals surface area contributed by atoms with Gasteiger partial charge in [-0.3, -0.25) is 0 Å². The zero-order valence-corrected chi connectivity index (χ0v) is 8.19. The van der Waals surface area contributed by atoms with Crippen molar-refractivity contribution in [3.05, 3.63) is 23.9 Å². The number of aliphatic hydroxyl groups excluding tert-OH is 1. The number of hydrogen-bond donors (Lipinski definition) is 2. The summed E-state index contributed by atoms with van der Waals surface area (Å²) in [5, 5.41) is 9.86. The summed E-state index contributed by atoms with van der Waals surface area (Å²) < 4.78 is 0. The first-order chi connectivity index (χ1) is 6.79. The highest BCUT2D eigenvalue weighted by Crippen LogP contribution is 2.34. The van der Waals surface area contributed by atoms with E-state index >= 15 is 0 Å². The molecule has 0 bridgehead atoms. The molecule has 0 spiro atoms. The fourth-order valence-electron chi connectivity index (χ4n) is 2.22. The normalized spacial score (nSPS) is 27.5. The minimum Gasteiger partial charge on any atom is -0.392 e. The molecule has 1 aliphatic carbocycles. The maximum absolute atomic E-state index is 9.86. The highest BCUT2D eigenvalue weighted by Gasteiger charge is 2.26. The fraction of sp³-hybridized carbons (Fsp3) is 0.545. The van der Waals surface area contributed by atoms with E-state index in [1.54, 1.807) is 6.20 Å². The number of aliphatic hydroxyl groups is 1. The molecule has 14 heavy (non-hydrogen) atoms. The Morgan fingerprint density at radius 1 is 1.36 bits per heavy atom. The second-order valence-corrected chi connectivity index (χ2v) is 3.94. The summed E-state index contributed by atoms with van der Waals surface area (Å²) in [6, 6.07) is 3.86. The Morgan fingerprint density at radius 2 is 2.14 bits per heavy atom. The predicted molar refractivity (Wildman–Crippen MR) is 55.9 cm³/mol. The first kappa shape index (κ1) is 9.46. The number of rotatable bonds is 1. The molecule has 0 aliphatic heterocycles. The second-order valence-electron chi connectivity index (χ2n) is 3.94. The zero-order chi connectivity index (χ0) is 9.97. The largest absolute Gasteiger partial charge is 0.392 e. The van der Waals surface area contributed by atoms with Crippen molar-refractivity contribution in [1.82, 2.24) is 4.98 Å². The molecule has 3 heteroatoms. The van der Waals surface area contributed by atoms with Gasteiger partial charge in [0.15, 0.2) is 0 Å². The molecule has 0 aromatic carbocycles. The van der Waals surface area contributed by atoms with Crippen LogP contribution in [0, 0.1) is 0 Å². The molecule has 3 N–H and O–H groups in total. The van der Waals surface area contributed by atoms with E-state index in [-0.39, 0.29) is 12.0 Å². The highest BCUT2D eigenvalue weighted by atomic mass is 16.3. The van der Waals surface area contributed by atoms with Crippen LogP contribution in [0.4, 0.5) is 5.82 Å². The van der Waals surface area contributed by atoms with Crippen molar-refractivity contribution in [3.63, 3.8) is 0 Å². The molecule has 3 nitrogen and oxygen atoms in total. The van der Waals surface area contributed by atoms with Gasteiger partial charge in [-0.05, 0) is 24.5 Å². The van der Waals surface area contributed by atoms with Gasteiger partial charge in [-0.25, -0.2) is 4.98 Å². The van der Waals surface area contributed by atoms with Gasteiger partial charge >= 0.3 is 0 Å². The molecule has 1 aliphatic rings. The molecular formula is C11H16N2O. The zero-order valence-electron chi connectivity index (χ0n) is 8.19. The topological polar surface area (TPSA) is 59.1 Å². The Kier molecular flexibility index (Phi) is 2.68. The molecule has 1 aromatic rings. The molecule has 2 atom stereocenters. The third kappa shape index (κ3) is 1.73. The molecule has 0 saturated heterocycles. The summed E-state index contributed by atoms with van der Waals surface area (Å²) >= 11 is 0. The first-order valence-electron chi connectivity index (χ1n) is 5.17. The van der Waals surface area contributed by atoms with Crippen molar-refractivity contribution in [2.45, 2.75) is 37.7 Å². The van der Waals surface area contributed by atoms with Gasteiger partial charge in [0.1, 0.15) is 5.82 Å².